The number of aromatic nitrogens is 4. The van der Waals surface area contributed by atoms with Gasteiger partial charge in [-0.05, 0) is 43.0 Å². The molecule has 1 fully saturated rings. The number of nitrogens with two attached hydrogens (primary N) is 1. The number of ether oxygens (including phenoxy) is 1. The number of benzene rings is 1. The number of imidazole rings is 1. The molecule has 4 aromatic rings. The Bertz CT molecular complexity index is 1630. The van der Waals surface area contributed by atoms with Crippen LogP contribution in [0.4, 0.5) is 19.0 Å². The minimum absolute atomic E-state index is 0.0110. The number of hydrogen-bond donors (Lipinski definition) is 1. The summed E-state index contributed by atoms with van der Waals surface area (Å²) in [7, 11) is 1.68. The minimum atomic E-state index is -4.35. The molecule has 1 atom stereocenters. The number of carbonyl (C=O) groups excluding carboxylic acids is 1. The van der Waals surface area contributed by atoms with E-state index in [1.165, 1.54) is 0 Å². The fourth-order valence-electron chi connectivity index (χ4n) is 4.62. The molecule has 0 spiro atoms. The summed E-state index contributed by atoms with van der Waals surface area (Å²) in [4.78, 5) is 28.0. The average molecular weight is 506 g/mol. The monoisotopic (exact) mass is 506 g/mol. The molecule has 2 aliphatic rings. The molecule has 188 valence electrons. The van der Waals surface area contributed by atoms with Crippen molar-refractivity contribution in [2.45, 2.75) is 31.7 Å². The lowest BCUT2D eigenvalue weighted by molar-refractivity contribution is -0.168. The van der Waals surface area contributed by atoms with Crippen LogP contribution in [0.15, 0.2) is 42.9 Å². The Balaban J connectivity index is 1.28. The number of amides is 1. The van der Waals surface area contributed by atoms with Crippen LogP contribution in [0.2, 0.25) is 0 Å². The predicted octanol–water partition coefficient (Wildman–Crippen LogP) is 3.90. The van der Waals surface area contributed by atoms with Crippen molar-refractivity contribution in [2.75, 3.05) is 19.4 Å². The number of alkyl halides is 3. The maximum absolute atomic E-state index is 13.5. The lowest BCUT2D eigenvalue weighted by atomic mass is 10.0. The SMILES string of the molecule is CN(C(=O)c1ccc2nc(N)c3cncn3c2c1)C1COCc2nc(C#CC3(C(F)(F)F)CC3)ccc21. The van der Waals surface area contributed by atoms with Gasteiger partial charge in [0.05, 0.1) is 48.5 Å². The van der Waals surface area contributed by atoms with Crippen molar-refractivity contribution in [3.05, 3.63) is 65.4 Å². The first-order valence-corrected chi connectivity index (χ1v) is 11.6. The van der Waals surface area contributed by atoms with E-state index in [0.717, 1.165) is 5.56 Å². The van der Waals surface area contributed by atoms with Gasteiger partial charge in [-0.15, -0.1) is 0 Å². The molecular formula is C26H21F3N6O2. The van der Waals surface area contributed by atoms with Crippen LogP contribution in [0.3, 0.4) is 0 Å². The molecule has 1 amide bonds. The minimum Gasteiger partial charge on any atom is -0.382 e. The van der Waals surface area contributed by atoms with Gasteiger partial charge in [-0.2, -0.15) is 13.2 Å². The lowest BCUT2D eigenvalue weighted by Crippen LogP contribution is -2.36. The Morgan fingerprint density at radius 3 is 2.78 bits per heavy atom. The van der Waals surface area contributed by atoms with Crippen LogP contribution < -0.4 is 5.73 Å². The molecule has 0 radical (unpaired) electrons. The standard InChI is InChI=1S/C26H21F3N6O2/c1-34(24(36)15-2-5-18-20(10-15)35-14-31-11-21(35)23(30)33-18)22-13-37-12-19-17(22)4-3-16(32-19)6-7-25(8-9-25)26(27,28)29/h2-5,10-11,14,22H,8-9,12-13H2,1H3,(H2,30,33). The summed E-state index contributed by atoms with van der Waals surface area (Å²) in [6, 6.07) is 8.09. The largest absolute Gasteiger partial charge is 0.405 e. The molecule has 6 rings (SSSR count). The molecule has 2 N–H and O–H groups in total. The number of pyridine rings is 1. The first-order chi connectivity index (χ1) is 17.7. The van der Waals surface area contributed by atoms with Gasteiger partial charge in [0.2, 0.25) is 0 Å². The van der Waals surface area contributed by atoms with Gasteiger partial charge in [-0.25, -0.2) is 15.0 Å². The first kappa shape index (κ1) is 23.2. The highest BCUT2D eigenvalue weighted by molar-refractivity contribution is 5.98. The fraction of sp³-hybridized carbons (Fsp3) is 0.308. The van der Waals surface area contributed by atoms with E-state index in [2.05, 4.69) is 26.8 Å². The zero-order chi connectivity index (χ0) is 25.9. The number of nitrogen functional groups attached to an aromatic ring is 1. The predicted molar refractivity (Wildman–Crippen MR) is 128 cm³/mol. The van der Waals surface area contributed by atoms with Crippen molar-refractivity contribution in [3.63, 3.8) is 0 Å². The van der Waals surface area contributed by atoms with Crippen LogP contribution in [0.5, 0.6) is 0 Å². The number of anilines is 1. The zero-order valence-electron chi connectivity index (χ0n) is 19.7. The molecule has 37 heavy (non-hydrogen) atoms. The fourth-order valence-corrected chi connectivity index (χ4v) is 4.62. The van der Waals surface area contributed by atoms with Crippen molar-refractivity contribution >= 4 is 28.3 Å². The van der Waals surface area contributed by atoms with E-state index in [0.29, 0.717) is 33.6 Å². The second-order valence-corrected chi connectivity index (χ2v) is 9.36. The van der Waals surface area contributed by atoms with Gasteiger partial charge < -0.3 is 15.4 Å². The van der Waals surface area contributed by atoms with E-state index in [1.54, 1.807) is 59.2 Å². The quantitative estimate of drug-likeness (QED) is 0.414. The number of nitrogens with zero attached hydrogens (tertiary/aromatic N) is 5. The van der Waals surface area contributed by atoms with E-state index < -0.39 is 17.6 Å². The molecule has 1 aliphatic heterocycles. The van der Waals surface area contributed by atoms with Gasteiger partial charge in [-0.1, -0.05) is 12.0 Å². The van der Waals surface area contributed by atoms with Gasteiger partial charge in [-0.3, -0.25) is 9.20 Å². The van der Waals surface area contributed by atoms with Crippen molar-refractivity contribution < 1.29 is 22.7 Å². The summed E-state index contributed by atoms with van der Waals surface area (Å²) >= 11 is 0. The molecule has 1 aromatic carbocycles. The second kappa shape index (κ2) is 8.18. The number of fused-ring (bicyclic) bond motifs is 4. The molecule has 1 aliphatic carbocycles. The highest BCUT2D eigenvalue weighted by Crippen LogP contribution is 2.57. The van der Waals surface area contributed by atoms with E-state index in [-0.39, 0.29) is 37.7 Å². The van der Waals surface area contributed by atoms with Crippen molar-refractivity contribution in [1.82, 2.24) is 24.3 Å². The summed E-state index contributed by atoms with van der Waals surface area (Å²) in [5.41, 5.74) is 8.08. The number of hydrogen-bond acceptors (Lipinski definition) is 6. The second-order valence-electron chi connectivity index (χ2n) is 9.36. The van der Waals surface area contributed by atoms with E-state index in [4.69, 9.17) is 10.5 Å². The van der Waals surface area contributed by atoms with Crippen LogP contribution in [0.1, 0.15) is 46.2 Å². The van der Waals surface area contributed by atoms with Crippen LogP contribution >= 0.6 is 0 Å². The van der Waals surface area contributed by atoms with Crippen LogP contribution in [0, 0.1) is 17.3 Å². The Kier molecular flexibility index (Phi) is 5.14. The van der Waals surface area contributed by atoms with Crippen molar-refractivity contribution in [1.29, 1.82) is 0 Å². The Morgan fingerprint density at radius 1 is 1.22 bits per heavy atom. The lowest BCUT2D eigenvalue weighted by Gasteiger charge is -2.32. The van der Waals surface area contributed by atoms with Crippen LogP contribution in [0.25, 0.3) is 16.6 Å². The third-order valence-corrected chi connectivity index (χ3v) is 7.02. The Morgan fingerprint density at radius 2 is 2.03 bits per heavy atom. The molecule has 4 heterocycles. The summed E-state index contributed by atoms with van der Waals surface area (Å²) in [5, 5.41) is 0. The van der Waals surface area contributed by atoms with E-state index in [9.17, 15) is 18.0 Å². The summed E-state index contributed by atoms with van der Waals surface area (Å²) in [6.45, 7) is 0.450. The van der Waals surface area contributed by atoms with Gasteiger partial charge in [0.25, 0.3) is 5.91 Å². The number of likely N-dealkylation sites (N-methyl/N-ethyl adjacent to an activating group) is 1. The third kappa shape index (κ3) is 3.84. The molecular weight excluding hydrogens is 485 g/mol. The molecule has 11 heteroatoms. The molecule has 1 unspecified atom stereocenters. The van der Waals surface area contributed by atoms with Gasteiger partial charge in [0.15, 0.2) is 0 Å². The third-order valence-electron chi connectivity index (χ3n) is 7.02. The zero-order valence-corrected chi connectivity index (χ0v) is 19.7. The normalized spacial score (nSPS) is 18.2. The maximum atomic E-state index is 13.5. The van der Waals surface area contributed by atoms with Gasteiger partial charge >= 0.3 is 6.18 Å². The Hall–Kier alpha value is -4.17. The molecule has 3 aromatic heterocycles. The van der Waals surface area contributed by atoms with Crippen LogP contribution in [-0.2, 0) is 11.3 Å². The highest BCUT2D eigenvalue weighted by atomic mass is 19.4. The van der Waals surface area contributed by atoms with E-state index >= 15 is 0 Å². The number of rotatable bonds is 2. The molecule has 0 saturated heterocycles. The molecule has 8 nitrogen and oxygen atoms in total. The summed E-state index contributed by atoms with van der Waals surface area (Å²) < 4.78 is 47.1. The topological polar surface area (TPSA) is 98.6 Å². The smallest absolute Gasteiger partial charge is 0.382 e. The van der Waals surface area contributed by atoms with Gasteiger partial charge in [0.1, 0.15) is 22.4 Å². The van der Waals surface area contributed by atoms with E-state index in [1.807, 2.05) is 0 Å². The number of carbonyl (C=O) groups is 1. The summed E-state index contributed by atoms with van der Waals surface area (Å²) in [6.07, 6.45) is -1.10. The maximum Gasteiger partial charge on any atom is 0.405 e. The van der Waals surface area contributed by atoms with Gasteiger partial charge in [0, 0.05) is 18.2 Å². The van der Waals surface area contributed by atoms with Crippen molar-refractivity contribution in [2.24, 2.45) is 5.41 Å². The molecule has 1 saturated carbocycles. The Labute approximate surface area is 209 Å². The first-order valence-electron chi connectivity index (χ1n) is 11.6. The van der Waals surface area contributed by atoms with Crippen molar-refractivity contribution in [3.8, 4) is 11.8 Å². The number of halogens is 3. The highest BCUT2D eigenvalue weighted by Gasteiger charge is 2.62. The van der Waals surface area contributed by atoms with Crippen LogP contribution in [-0.4, -0.2) is 50.0 Å². The average Bonchev–Trinajstić information content (AvgIpc) is 3.53. The molecule has 0 bridgehead atoms. The summed E-state index contributed by atoms with van der Waals surface area (Å²) in [5.74, 6) is 5.07.